The van der Waals surface area contributed by atoms with Gasteiger partial charge in [0.15, 0.2) is 0 Å². The quantitative estimate of drug-likeness (QED) is 0.647. The molecule has 0 aromatic rings. The highest BCUT2D eigenvalue weighted by molar-refractivity contribution is 6.18. The summed E-state index contributed by atoms with van der Waals surface area (Å²) in [5.74, 6) is 1.26. The molecule has 0 radical (unpaired) electrons. The maximum atomic E-state index is 5.85. The third-order valence-electron chi connectivity index (χ3n) is 2.22. The van der Waals surface area contributed by atoms with Crippen LogP contribution in [-0.4, -0.2) is 31.7 Å². The Hall–Kier alpha value is 0.210. The Morgan fingerprint density at radius 3 is 2.31 bits per heavy atom. The zero-order chi connectivity index (χ0) is 10.3. The molecule has 0 aliphatic heterocycles. The molecule has 0 aliphatic rings. The topological polar surface area (TPSA) is 21.3 Å². The van der Waals surface area contributed by atoms with Crippen LogP contribution in [0.25, 0.3) is 0 Å². The second-order valence-electron chi connectivity index (χ2n) is 3.85. The summed E-state index contributed by atoms with van der Waals surface area (Å²) in [4.78, 5) is 0. The summed E-state index contributed by atoms with van der Waals surface area (Å²) >= 11 is 5.85. The molecule has 0 spiro atoms. The van der Waals surface area contributed by atoms with Crippen LogP contribution in [-0.2, 0) is 4.74 Å². The number of halogens is 1. The molecule has 13 heavy (non-hydrogen) atoms. The number of alkyl halides is 1. The molecular formula is C10H22ClNO. The van der Waals surface area contributed by atoms with Crippen LogP contribution >= 0.6 is 11.6 Å². The monoisotopic (exact) mass is 207 g/mol. The van der Waals surface area contributed by atoms with Crippen LogP contribution in [0.3, 0.4) is 0 Å². The minimum atomic E-state index is 0.411. The van der Waals surface area contributed by atoms with E-state index >= 15 is 0 Å². The van der Waals surface area contributed by atoms with Gasteiger partial charge in [-0.15, -0.1) is 11.6 Å². The van der Waals surface area contributed by atoms with Gasteiger partial charge in [-0.25, -0.2) is 0 Å². The second-order valence-corrected chi connectivity index (χ2v) is 4.16. The standard InChI is InChI=1S/C10H22ClNO/c1-8(2)10(7-11)12-9(3)5-6-13-4/h8-10,12H,5-7H2,1-4H3. The first kappa shape index (κ1) is 13.2. The van der Waals surface area contributed by atoms with Crippen molar-refractivity contribution in [2.45, 2.75) is 39.3 Å². The van der Waals surface area contributed by atoms with Crippen LogP contribution in [0.1, 0.15) is 27.2 Å². The van der Waals surface area contributed by atoms with Crippen molar-refractivity contribution in [1.82, 2.24) is 5.32 Å². The summed E-state index contributed by atoms with van der Waals surface area (Å²) in [5, 5.41) is 3.49. The van der Waals surface area contributed by atoms with Crippen LogP contribution in [0, 0.1) is 5.92 Å². The van der Waals surface area contributed by atoms with E-state index in [4.69, 9.17) is 16.3 Å². The van der Waals surface area contributed by atoms with E-state index in [0.29, 0.717) is 23.9 Å². The van der Waals surface area contributed by atoms with Gasteiger partial charge in [0.05, 0.1) is 0 Å². The number of hydrogen-bond acceptors (Lipinski definition) is 2. The molecule has 0 heterocycles. The Labute approximate surface area is 87.0 Å². The molecule has 2 unspecified atom stereocenters. The predicted molar refractivity (Wildman–Crippen MR) is 58.4 cm³/mol. The molecule has 2 atom stereocenters. The van der Waals surface area contributed by atoms with E-state index in [-0.39, 0.29) is 0 Å². The molecule has 0 fully saturated rings. The van der Waals surface area contributed by atoms with Crippen LogP contribution < -0.4 is 5.32 Å². The molecule has 0 rings (SSSR count). The van der Waals surface area contributed by atoms with Gasteiger partial charge in [0.1, 0.15) is 0 Å². The zero-order valence-corrected chi connectivity index (χ0v) is 9.90. The lowest BCUT2D eigenvalue weighted by atomic mass is 10.0. The summed E-state index contributed by atoms with van der Waals surface area (Å²) in [7, 11) is 1.73. The molecule has 0 amide bonds. The van der Waals surface area contributed by atoms with Crippen molar-refractivity contribution in [3.05, 3.63) is 0 Å². The molecule has 3 heteroatoms. The van der Waals surface area contributed by atoms with Crippen LogP contribution in [0.4, 0.5) is 0 Å². The fourth-order valence-electron chi connectivity index (χ4n) is 1.16. The molecule has 1 N–H and O–H groups in total. The number of ether oxygens (including phenoxy) is 1. The largest absolute Gasteiger partial charge is 0.385 e. The van der Waals surface area contributed by atoms with Gasteiger partial charge in [-0.2, -0.15) is 0 Å². The highest BCUT2D eigenvalue weighted by Gasteiger charge is 2.13. The number of rotatable bonds is 7. The summed E-state index contributed by atoms with van der Waals surface area (Å²) in [6, 6.07) is 0.889. The van der Waals surface area contributed by atoms with E-state index in [9.17, 15) is 0 Å². The Morgan fingerprint density at radius 1 is 1.31 bits per heavy atom. The molecule has 0 bridgehead atoms. The summed E-state index contributed by atoms with van der Waals surface area (Å²) in [6.45, 7) is 7.34. The predicted octanol–water partition coefficient (Wildman–Crippen LogP) is 2.26. The highest BCUT2D eigenvalue weighted by atomic mass is 35.5. The smallest absolute Gasteiger partial charge is 0.0476 e. The van der Waals surface area contributed by atoms with Crippen LogP contribution in [0.5, 0.6) is 0 Å². The van der Waals surface area contributed by atoms with E-state index in [1.54, 1.807) is 7.11 Å². The Morgan fingerprint density at radius 2 is 1.92 bits per heavy atom. The highest BCUT2D eigenvalue weighted by Crippen LogP contribution is 2.05. The molecule has 0 aromatic carbocycles. The summed E-state index contributed by atoms with van der Waals surface area (Å²) < 4.78 is 5.02. The van der Waals surface area contributed by atoms with Crippen molar-refractivity contribution >= 4 is 11.6 Å². The van der Waals surface area contributed by atoms with Crippen molar-refractivity contribution < 1.29 is 4.74 Å². The first-order valence-corrected chi connectivity index (χ1v) is 5.46. The van der Waals surface area contributed by atoms with Crippen molar-refractivity contribution in [3.63, 3.8) is 0 Å². The van der Waals surface area contributed by atoms with E-state index in [1.807, 2.05) is 0 Å². The van der Waals surface area contributed by atoms with Gasteiger partial charge >= 0.3 is 0 Å². The molecule has 2 nitrogen and oxygen atoms in total. The van der Waals surface area contributed by atoms with E-state index in [1.165, 1.54) is 0 Å². The third-order valence-corrected chi connectivity index (χ3v) is 2.56. The number of nitrogens with one attached hydrogen (secondary N) is 1. The summed E-state index contributed by atoms with van der Waals surface area (Å²) in [5.41, 5.74) is 0. The lowest BCUT2D eigenvalue weighted by molar-refractivity contribution is 0.181. The first-order valence-electron chi connectivity index (χ1n) is 4.92. The van der Waals surface area contributed by atoms with Gasteiger partial charge in [-0.1, -0.05) is 13.8 Å². The normalized spacial score (nSPS) is 16.2. The van der Waals surface area contributed by atoms with Gasteiger partial charge in [-0.3, -0.25) is 0 Å². The molecule has 0 aromatic heterocycles. The fourth-order valence-corrected chi connectivity index (χ4v) is 1.60. The van der Waals surface area contributed by atoms with Gasteiger partial charge in [-0.05, 0) is 19.3 Å². The van der Waals surface area contributed by atoms with Gasteiger partial charge in [0.25, 0.3) is 0 Å². The number of hydrogen-bond donors (Lipinski definition) is 1. The van der Waals surface area contributed by atoms with Crippen molar-refractivity contribution in [3.8, 4) is 0 Å². The SMILES string of the molecule is COCCC(C)NC(CCl)C(C)C. The van der Waals surface area contributed by atoms with E-state index in [2.05, 4.69) is 26.1 Å². The van der Waals surface area contributed by atoms with Gasteiger partial charge in [0.2, 0.25) is 0 Å². The lowest BCUT2D eigenvalue weighted by Gasteiger charge is -2.24. The van der Waals surface area contributed by atoms with Gasteiger partial charge < -0.3 is 10.1 Å². The second kappa shape index (κ2) is 7.60. The molecular weight excluding hydrogens is 186 g/mol. The lowest BCUT2D eigenvalue weighted by Crippen LogP contribution is -2.41. The first-order chi connectivity index (χ1) is 6.11. The third kappa shape index (κ3) is 6.30. The van der Waals surface area contributed by atoms with Gasteiger partial charge in [0, 0.05) is 31.7 Å². The minimum Gasteiger partial charge on any atom is -0.385 e. The van der Waals surface area contributed by atoms with Crippen molar-refractivity contribution in [2.75, 3.05) is 19.6 Å². The Kier molecular flexibility index (Phi) is 7.72. The molecule has 80 valence electrons. The average Bonchev–Trinajstić information content (AvgIpc) is 2.10. The van der Waals surface area contributed by atoms with E-state index < -0.39 is 0 Å². The molecule has 0 aliphatic carbocycles. The van der Waals surface area contributed by atoms with Crippen molar-refractivity contribution in [1.29, 1.82) is 0 Å². The Balaban J connectivity index is 3.66. The minimum absolute atomic E-state index is 0.411. The molecule has 0 saturated carbocycles. The van der Waals surface area contributed by atoms with E-state index in [0.717, 1.165) is 13.0 Å². The van der Waals surface area contributed by atoms with Crippen molar-refractivity contribution in [2.24, 2.45) is 5.92 Å². The zero-order valence-electron chi connectivity index (χ0n) is 9.14. The molecule has 0 saturated heterocycles. The maximum Gasteiger partial charge on any atom is 0.0476 e. The maximum absolute atomic E-state index is 5.85. The average molecular weight is 208 g/mol. The number of methoxy groups -OCH3 is 1. The Bertz CT molecular complexity index is 119. The van der Waals surface area contributed by atoms with Crippen LogP contribution in [0.2, 0.25) is 0 Å². The summed E-state index contributed by atoms with van der Waals surface area (Å²) in [6.07, 6.45) is 1.04. The van der Waals surface area contributed by atoms with Crippen LogP contribution in [0.15, 0.2) is 0 Å². The fraction of sp³-hybridized carbons (Fsp3) is 1.00.